The molecular formula is C14H21NO2S2. The Morgan fingerprint density at radius 3 is 2.95 bits per heavy atom. The van der Waals surface area contributed by atoms with Crippen molar-refractivity contribution in [3.05, 3.63) is 21.4 Å². The third-order valence-electron chi connectivity index (χ3n) is 3.41. The van der Waals surface area contributed by atoms with Gasteiger partial charge in [-0.2, -0.15) is 11.8 Å². The fourth-order valence-electron chi connectivity index (χ4n) is 2.21. The van der Waals surface area contributed by atoms with Gasteiger partial charge in [0, 0.05) is 23.3 Å². The summed E-state index contributed by atoms with van der Waals surface area (Å²) in [6.45, 7) is 4.24. The molecule has 0 aromatic carbocycles. The van der Waals surface area contributed by atoms with Crippen molar-refractivity contribution in [1.82, 2.24) is 5.32 Å². The van der Waals surface area contributed by atoms with Crippen molar-refractivity contribution in [2.24, 2.45) is 5.92 Å². The molecule has 0 saturated carbocycles. The van der Waals surface area contributed by atoms with Crippen molar-refractivity contribution in [1.29, 1.82) is 0 Å². The van der Waals surface area contributed by atoms with E-state index in [0.29, 0.717) is 12.3 Å². The van der Waals surface area contributed by atoms with Gasteiger partial charge < -0.3 is 10.4 Å². The number of rotatable bonds is 5. The second-order valence-corrected chi connectivity index (χ2v) is 7.44. The summed E-state index contributed by atoms with van der Waals surface area (Å²) >= 11 is 3.56. The molecule has 3 nitrogen and oxygen atoms in total. The van der Waals surface area contributed by atoms with E-state index in [-0.39, 0.29) is 18.6 Å². The van der Waals surface area contributed by atoms with E-state index in [4.69, 9.17) is 5.11 Å². The van der Waals surface area contributed by atoms with Crippen LogP contribution in [-0.2, 0) is 12.2 Å². The monoisotopic (exact) mass is 299 g/mol. The van der Waals surface area contributed by atoms with E-state index in [1.807, 2.05) is 17.8 Å². The predicted molar refractivity (Wildman–Crippen MR) is 82.0 cm³/mol. The number of hydrogen-bond donors (Lipinski definition) is 2. The van der Waals surface area contributed by atoms with E-state index in [2.05, 4.69) is 19.2 Å². The molecular weight excluding hydrogens is 278 g/mol. The summed E-state index contributed by atoms with van der Waals surface area (Å²) in [7, 11) is 0. The third kappa shape index (κ3) is 3.74. The SMILES string of the molecule is CC(C)C(CCO)NC(=O)c1cc2c(s1)CCSC2. The lowest BCUT2D eigenvalue weighted by molar-refractivity contribution is 0.0920. The van der Waals surface area contributed by atoms with Crippen LogP contribution in [0.3, 0.4) is 0 Å². The van der Waals surface area contributed by atoms with Gasteiger partial charge in [0.05, 0.1) is 4.88 Å². The molecule has 1 aromatic rings. The van der Waals surface area contributed by atoms with Crippen LogP contribution in [0, 0.1) is 5.92 Å². The van der Waals surface area contributed by atoms with Crippen molar-refractivity contribution in [2.75, 3.05) is 12.4 Å². The molecule has 1 aliphatic heterocycles. The van der Waals surface area contributed by atoms with Gasteiger partial charge >= 0.3 is 0 Å². The second kappa shape index (κ2) is 6.77. The van der Waals surface area contributed by atoms with Gasteiger partial charge in [-0.1, -0.05) is 13.8 Å². The normalized spacial score (nSPS) is 16.2. The third-order valence-corrected chi connectivity index (χ3v) is 5.66. The van der Waals surface area contributed by atoms with E-state index >= 15 is 0 Å². The zero-order valence-corrected chi connectivity index (χ0v) is 13.1. The first-order valence-corrected chi connectivity index (χ1v) is 8.70. The van der Waals surface area contributed by atoms with E-state index in [1.54, 1.807) is 11.3 Å². The van der Waals surface area contributed by atoms with Crippen molar-refractivity contribution < 1.29 is 9.90 Å². The lowest BCUT2D eigenvalue weighted by Crippen LogP contribution is -2.38. The summed E-state index contributed by atoms with van der Waals surface area (Å²) in [4.78, 5) is 14.4. The van der Waals surface area contributed by atoms with Crippen LogP contribution in [0.1, 0.15) is 40.4 Å². The van der Waals surface area contributed by atoms with Crippen molar-refractivity contribution in [2.45, 2.75) is 38.5 Å². The molecule has 0 aliphatic carbocycles. The Morgan fingerprint density at radius 2 is 2.32 bits per heavy atom. The average molecular weight is 299 g/mol. The van der Waals surface area contributed by atoms with Crippen molar-refractivity contribution >= 4 is 29.0 Å². The van der Waals surface area contributed by atoms with Crippen LogP contribution in [-0.4, -0.2) is 29.4 Å². The summed E-state index contributed by atoms with van der Waals surface area (Å²) in [5.74, 6) is 2.54. The number of carbonyl (C=O) groups is 1. The van der Waals surface area contributed by atoms with Crippen LogP contribution in [0.15, 0.2) is 6.07 Å². The number of thioether (sulfide) groups is 1. The van der Waals surface area contributed by atoms with E-state index in [9.17, 15) is 4.79 Å². The van der Waals surface area contributed by atoms with Gasteiger partial charge in [-0.05, 0) is 36.1 Å². The standard InChI is InChI=1S/C14H21NO2S2/c1-9(2)11(3-5-16)15-14(17)13-7-10-8-18-6-4-12(10)19-13/h7,9,11,16H,3-6,8H2,1-2H3,(H,15,17). The highest BCUT2D eigenvalue weighted by Gasteiger charge is 2.20. The van der Waals surface area contributed by atoms with Gasteiger partial charge in [0.1, 0.15) is 0 Å². The largest absolute Gasteiger partial charge is 0.396 e. The molecule has 1 unspecified atom stereocenters. The number of nitrogens with one attached hydrogen (secondary N) is 1. The molecule has 0 fully saturated rings. The van der Waals surface area contributed by atoms with Crippen LogP contribution < -0.4 is 5.32 Å². The number of fused-ring (bicyclic) bond motifs is 1. The maximum Gasteiger partial charge on any atom is 0.261 e. The van der Waals surface area contributed by atoms with Gasteiger partial charge in [-0.15, -0.1) is 11.3 Å². The molecule has 2 heterocycles. The molecule has 1 amide bonds. The first-order valence-electron chi connectivity index (χ1n) is 6.73. The van der Waals surface area contributed by atoms with Crippen LogP contribution in [0.4, 0.5) is 0 Å². The number of aliphatic hydroxyl groups excluding tert-OH is 1. The molecule has 0 saturated heterocycles. The van der Waals surface area contributed by atoms with Crippen LogP contribution in [0.25, 0.3) is 0 Å². The van der Waals surface area contributed by atoms with E-state index in [1.165, 1.54) is 10.4 Å². The maximum absolute atomic E-state index is 12.3. The zero-order chi connectivity index (χ0) is 13.8. The highest BCUT2D eigenvalue weighted by atomic mass is 32.2. The number of amides is 1. The first-order chi connectivity index (χ1) is 9.11. The first kappa shape index (κ1) is 14.9. The summed E-state index contributed by atoms with van der Waals surface area (Å²) < 4.78 is 0. The summed E-state index contributed by atoms with van der Waals surface area (Å²) in [5, 5.41) is 12.1. The quantitative estimate of drug-likeness (QED) is 0.879. The molecule has 106 valence electrons. The Balaban J connectivity index is 2.04. The molecule has 1 aromatic heterocycles. The minimum atomic E-state index is 0.0107. The van der Waals surface area contributed by atoms with Gasteiger partial charge in [-0.3, -0.25) is 4.79 Å². The maximum atomic E-state index is 12.3. The lowest BCUT2D eigenvalue weighted by Gasteiger charge is -2.21. The number of thiophene rings is 1. The molecule has 2 rings (SSSR count). The van der Waals surface area contributed by atoms with Gasteiger partial charge in [0.15, 0.2) is 0 Å². The van der Waals surface area contributed by atoms with Crippen molar-refractivity contribution in [3.8, 4) is 0 Å². The molecule has 1 atom stereocenters. The number of hydrogen-bond acceptors (Lipinski definition) is 4. The number of aliphatic hydroxyl groups is 1. The molecule has 2 N–H and O–H groups in total. The Labute approximate surface area is 122 Å². The van der Waals surface area contributed by atoms with Gasteiger partial charge in [-0.25, -0.2) is 0 Å². The Morgan fingerprint density at radius 1 is 1.53 bits per heavy atom. The Bertz CT molecular complexity index is 419. The predicted octanol–water partition coefficient (Wildman–Crippen LogP) is 2.67. The smallest absolute Gasteiger partial charge is 0.261 e. The molecule has 5 heteroatoms. The van der Waals surface area contributed by atoms with E-state index < -0.39 is 0 Å². The molecule has 0 radical (unpaired) electrons. The lowest BCUT2D eigenvalue weighted by atomic mass is 10.0. The van der Waals surface area contributed by atoms with Gasteiger partial charge in [0.25, 0.3) is 5.91 Å². The number of carbonyl (C=O) groups excluding carboxylic acids is 1. The second-order valence-electron chi connectivity index (χ2n) is 5.20. The highest BCUT2D eigenvalue weighted by Crippen LogP contribution is 2.31. The van der Waals surface area contributed by atoms with Crippen molar-refractivity contribution in [3.63, 3.8) is 0 Å². The highest BCUT2D eigenvalue weighted by molar-refractivity contribution is 7.98. The summed E-state index contributed by atoms with van der Waals surface area (Å²) in [6, 6.07) is 2.09. The Kier molecular flexibility index (Phi) is 5.30. The number of aryl methyl sites for hydroxylation is 1. The average Bonchev–Trinajstić information content (AvgIpc) is 2.81. The van der Waals surface area contributed by atoms with Crippen LogP contribution >= 0.6 is 23.1 Å². The minimum absolute atomic E-state index is 0.0107. The molecule has 19 heavy (non-hydrogen) atoms. The minimum Gasteiger partial charge on any atom is -0.396 e. The summed E-state index contributed by atoms with van der Waals surface area (Å²) in [5.41, 5.74) is 1.33. The Hall–Kier alpha value is -0.520. The topological polar surface area (TPSA) is 49.3 Å². The molecule has 0 bridgehead atoms. The van der Waals surface area contributed by atoms with Gasteiger partial charge in [0.2, 0.25) is 0 Å². The van der Waals surface area contributed by atoms with Crippen LogP contribution in [0.2, 0.25) is 0 Å². The zero-order valence-electron chi connectivity index (χ0n) is 11.4. The fraction of sp³-hybridized carbons (Fsp3) is 0.643. The fourth-order valence-corrected chi connectivity index (χ4v) is 4.49. The summed E-state index contributed by atoms with van der Waals surface area (Å²) in [6.07, 6.45) is 1.70. The van der Waals surface area contributed by atoms with Crippen LogP contribution in [0.5, 0.6) is 0 Å². The molecule has 1 aliphatic rings. The molecule has 0 spiro atoms. The van der Waals surface area contributed by atoms with E-state index in [0.717, 1.165) is 22.8 Å².